The van der Waals surface area contributed by atoms with E-state index in [1.807, 2.05) is 6.07 Å². The Bertz CT molecular complexity index is 654. The number of rotatable bonds is 4. The minimum absolute atomic E-state index is 0.143. The molecule has 2 aliphatic rings. The molecule has 6 nitrogen and oxygen atoms in total. The van der Waals surface area contributed by atoms with E-state index in [9.17, 15) is 4.39 Å². The van der Waals surface area contributed by atoms with Crippen molar-refractivity contribution < 1.29 is 24.2 Å². The van der Waals surface area contributed by atoms with Gasteiger partial charge in [0.05, 0.1) is 0 Å². The second-order valence-corrected chi connectivity index (χ2v) is 8.42. The quantitative estimate of drug-likeness (QED) is 0.708. The zero-order valence-electron chi connectivity index (χ0n) is 17.5. The third-order valence-electron chi connectivity index (χ3n) is 6.11. The summed E-state index contributed by atoms with van der Waals surface area (Å²) in [5.74, 6) is 1.54. The second-order valence-electron chi connectivity index (χ2n) is 8.02. The van der Waals surface area contributed by atoms with Gasteiger partial charge in [0.25, 0.3) is 12.9 Å². The highest BCUT2D eigenvalue weighted by Gasteiger charge is 2.43. The van der Waals surface area contributed by atoms with Crippen LogP contribution < -0.4 is 0 Å². The molecule has 2 unspecified atom stereocenters. The van der Waals surface area contributed by atoms with Crippen LogP contribution >= 0.6 is 11.6 Å². The number of hydrogen-bond acceptors (Lipinski definition) is 4. The number of halogens is 2. The van der Waals surface area contributed by atoms with Crippen LogP contribution in [-0.4, -0.2) is 66.2 Å². The van der Waals surface area contributed by atoms with E-state index in [2.05, 4.69) is 30.9 Å². The molecule has 2 aliphatic carbocycles. The molecule has 0 bridgehead atoms. The predicted octanol–water partition coefficient (Wildman–Crippen LogP) is 3.74. The van der Waals surface area contributed by atoms with Crippen molar-refractivity contribution in [2.45, 2.75) is 51.2 Å². The first-order valence-electron chi connectivity index (χ1n) is 9.65. The summed E-state index contributed by atoms with van der Waals surface area (Å²) in [7, 11) is 6.50. The fraction of sp³-hybridized carbons (Fsp3) is 0.619. The first-order chi connectivity index (χ1) is 13.7. The van der Waals surface area contributed by atoms with E-state index >= 15 is 0 Å². The van der Waals surface area contributed by atoms with Crippen molar-refractivity contribution in [2.24, 2.45) is 11.8 Å². The predicted molar refractivity (Wildman–Crippen MR) is 112 cm³/mol. The van der Waals surface area contributed by atoms with Crippen LogP contribution in [0.2, 0.25) is 5.02 Å². The fourth-order valence-corrected chi connectivity index (χ4v) is 4.78. The van der Waals surface area contributed by atoms with E-state index in [1.165, 1.54) is 25.7 Å². The van der Waals surface area contributed by atoms with Crippen LogP contribution in [0, 0.1) is 24.6 Å². The number of benzene rings is 1. The summed E-state index contributed by atoms with van der Waals surface area (Å²) in [4.78, 5) is 21.4. The zero-order valence-corrected chi connectivity index (χ0v) is 18.3. The number of carbonyl (C=O) groups is 2. The average molecular weight is 431 g/mol. The lowest BCUT2D eigenvalue weighted by atomic mass is 10.0. The van der Waals surface area contributed by atoms with E-state index in [0.717, 1.165) is 17.9 Å². The maximum absolute atomic E-state index is 14.4. The summed E-state index contributed by atoms with van der Waals surface area (Å²) in [5.41, 5.74) is 1.33. The highest BCUT2D eigenvalue weighted by molar-refractivity contribution is 6.31. The highest BCUT2D eigenvalue weighted by Crippen LogP contribution is 2.46. The topological polar surface area (TPSA) is 81.1 Å². The first-order valence-corrected chi connectivity index (χ1v) is 10.0. The smallest absolute Gasteiger partial charge is 0.290 e. The van der Waals surface area contributed by atoms with Crippen LogP contribution in [0.15, 0.2) is 12.1 Å². The molecule has 0 radical (unpaired) electrons. The number of aryl methyl sites for hydroxylation is 1. The monoisotopic (exact) mass is 430 g/mol. The van der Waals surface area contributed by atoms with Gasteiger partial charge >= 0.3 is 0 Å². The Balaban J connectivity index is 0.000000626. The Morgan fingerprint density at radius 3 is 1.93 bits per heavy atom. The Morgan fingerprint density at radius 1 is 1.03 bits per heavy atom. The molecule has 0 saturated heterocycles. The van der Waals surface area contributed by atoms with Crippen molar-refractivity contribution in [2.75, 3.05) is 21.1 Å². The molecule has 2 fully saturated rings. The molecule has 8 heteroatoms. The van der Waals surface area contributed by atoms with Crippen LogP contribution in [0.3, 0.4) is 0 Å². The summed E-state index contributed by atoms with van der Waals surface area (Å²) >= 11 is 6.23. The Morgan fingerprint density at radius 2 is 1.48 bits per heavy atom. The number of nitrogens with zero attached hydrogens (tertiary/aromatic N) is 2. The van der Waals surface area contributed by atoms with Crippen molar-refractivity contribution in [3.8, 4) is 0 Å². The van der Waals surface area contributed by atoms with Gasteiger partial charge in [-0.3, -0.25) is 14.5 Å². The van der Waals surface area contributed by atoms with Gasteiger partial charge in [-0.05, 0) is 77.2 Å². The molecule has 1 aromatic carbocycles. The number of carboxylic acid groups (broad SMARTS) is 2. The first kappa shape index (κ1) is 25.3. The van der Waals surface area contributed by atoms with Crippen molar-refractivity contribution in [1.82, 2.24) is 9.80 Å². The summed E-state index contributed by atoms with van der Waals surface area (Å²) in [5, 5.41) is 14.3. The molecule has 0 aliphatic heterocycles. The minimum Gasteiger partial charge on any atom is -0.483 e. The minimum atomic E-state index is -0.250. The van der Waals surface area contributed by atoms with Gasteiger partial charge in [0.1, 0.15) is 5.82 Å². The molecule has 0 heterocycles. The summed E-state index contributed by atoms with van der Waals surface area (Å²) in [6, 6.07) is 4.88. The Labute approximate surface area is 177 Å². The molecule has 2 N–H and O–H groups in total. The maximum atomic E-state index is 14.4. The van der Waals surface area contributed by atoms with Crippen LogP contribution in [0.1, 0.15) is 36.8 Å². The normalized spacial score (nSPS) is 25.0. The van der Waals surface area contributed by atoms with Crippen LogP contribution in [0.25, 0.3) is 0 Å². The zero-order chi connectivity index (χ0) is 22.1. The molecule has 29 heavy (non-hydrogen) atoms. The molecule has 164 valence electrons. The molecular weight excluding hydrogens is 399 g/mol. The molecular formula is C21H32ClFN2O4. The molecule has 4 atom stereocenters. The second kappa shape index (κ2) is 12.1. The number of hydrogen-bond donors (Lipinski definition) is 2. The van der Waals surface area contributed by atoms with E-state index in [4.69, 9.17) is 31.4 Å². The van der Waals surface area contributed by atoms with Crippen molar-refractivity contribution >= 4 is 24.5 Å². The van der Waals surface area contributed by atoms with Crippen molar-refractivity contribution in [3.63, 3.8) is 0 Å². The van der Waals surface area contributed by atoms with Gasteiger partial charge in [-0.2, -0.15) is 0 Å². The number of fused-ring (bicyclic) bond motifs is 1. The van der Waals surface area contributed by atoms with E-state index in [1.54, 1.807) is 13.0 Å². The van der Waals surface area contributed by atoms with Crippen LogP contribution in [0.5, 0.6) is 0 Å². The lowest BCUT2D eigenvalue weighted by molar-refractivity contribution is -0.123. The third-order valence-corrected chi connectivity index (χ3v) is 6.46. The van der Waals surface area contributed by atoms with Gasteiger partial charge in [0.2, 0.25) is 0 Å². The third kappa shape index (κ3) is 6.94. The Kier molecular flexibility index (Phi) is 10.6. The van der Waals surface area contributed by atoms with E-state index in [0.29, 0.717) is 28.7 Å². The largest absolute Gasteiger partial charge is 0.483 e. The average Bonchev–Trinajstić information content (AvgIpc) is 3.22. The maximum Gasteiger partial charge on any atom is 0.290 e. The van der Waals surface area contributed by atoms with Gasteiger partial charge in [-0.25, -0.2) is 4.39 Å². The van der Waals surface area contributed by atoms with E-state index in [-0.39, 0.29) is 18.8 Å². The van der Waals surface area contributed by atoms with E-state index < -0.39 is 0 Å². The SMILES string of the molecule is Cc1ccc(Cl)c(CN(C)C2C[C@H]3CC(N(C)C)C[C@H]3C2)c1F.O=CO.O=CO. The molecule has 0 aromatic heterocycles. The van der Waals surface area contributed by atoms with Gasteiger partial charge < -0.3 is 15.1 Å². The summed E-state index contributed by atoms with van der Waals surface area (Å²) in [6.45, 7) is 1.91. The molecule has 0 amide bonds. The van der Waals surface area contributed by atoms with Crippen molar-refractivity contribution in [3.05, 3.63) is 34.1 Å². The van der Waals surface area contributed by atoms with Crippen LogP contribution in [0.4, 0.5) is 4.39 Å². The fourth-order valence-electron chi connectivity index (χ4n) is 4.57. The van der Waals surface area contributed by atoms with Gasteiger partial charge in [-0.15, -0.1) is 0 Å². The standard InChI is InChI=1S/C19H28ClFN2.2CH2O2/c1-12-5-6-18(20)17(19(12)21)11-23(4)16-9-13-7-15(22(2)3)8-14(13)10-16;2*2-1-3/h5-6,13-16H,7-11H2,1-4H3;2*1H,(H,2,3)/t13-,14+,15?,16?;;. The molecule has 3 rings (SSSR count). The molecule has 0 spiro atoms. The molecule has 1 aromatic rings. The highest BCUT2D eigenvalue weighted by atomic mass is 35.5. The lowest BCUT2D eigenvalue weighted by Crippen LogP contribution is -2.31. The van der Waals surface area contributed by atoms with Gasteiger partial charge in [-0.1, -0.05) is 17.7 Å². The Hall–Kier alpha value is -1.70. The summed E-state index contributed by atoms with van der Waals surface area (Å²) < 4.78 is 14.4. The lowest BCUT2D eigenvalue weighted by Gasteiger charge is -2.27. The van der Waals surface area contributed by atoms with Gasteiger partial charge in [0.15, 0.2) is 0 Å². The van der Waals surface area contributed by atoms with Crippen LogP contribution in [-0.2, 0) is 16.1 Å². The van der Waals surface area contributed by atoms with Crippen molar-refractivity contribution in [1.29, 1.82) is 0 Å². The summed E-state index contributed by atoms with van der Waals surface area (Å²) in [6.07, 6.45) is 5.14. The van der Waals surface area contributed by atoms with Gasteiger partial charge in [0, 0.05) is 29.2 Å². The molecule has 2 saturated carbocycles.